The van der Waals surface area contributed by atoms with E-state index in [1.807, 2.05) is 37.4 Å². The Morgan fingerprint density at radius 3 is 2.84 bits per heavy atom. The van der Waals surface area contributed by atoms with Crippen molar-refractivity contribution in [3.63, 3.8) is 0 Å². The molecule has 4 nitrogen and oxygen atoms in total. The van der Waals surface area contributed by atoms with E-state index in [0.29, 0.717) is 6.61 Å². The summed E-state index contributed by atoms with van der Waals surface area (Å²) in [7, 11) is 0. The number of hydrogen-bond donors (Lipinski definition) is 2. The number of nitrogens with one attached hydrogen (secondary N) is 1. The highest BCUT2D eigenvalue weighted by molar-refractivity contribution is 5.66. The van der Waals surface area contributed by atoms with Gasteiger partial charge in [0.05, 0.1) is 24.5 Å². The minimum Gasteiger partial charge on any atom is -0.493 e. The summed E-state index contributed by atoms with van der Waals surface area (Å²) in [6.45, 7) is 4.74. The number of para-hydroxylation sites is 1. The molecule has 0 fully saturated rings. The monoisotopic (exact) mass is 259 g/mol. The number of aromatic amines is 1. The quantitative estimate of drug-likeness (QED) is 0.836. The van der Waals surface area contributed by atoms with Gasteiger partial charge in [0.25, 0.3) is 0 Å². The van der Waals surface area contributed by atoms with E-state index < -0.39 is 0 Å². The van der Waals surface area contributed by atoms with Crippen molar-refractivity contribution in [3.05, 3.63) is 36.3 Å². The number of ether oxygens (including phenoxy) is 1. The Kier molecular flexibility index (Phi) is 4.58. The van der Waals surface area contributed by atoms with E-state index in [1.54, 1.807) is 0 Å². The van der Waals surface area contributed by atoms with Crippen LogP contribution in [0.25, 0.3) is 11.3 Å². The number of nitrogens with zero attached hydrogens (tertiary/aromatic N) is 1. The van der Waals surface area contributed by atoms with Crippen LogP contribution in [0, 0.1) is 0 Å². The molecule has 4 heteroatoms. The summed E-state index contributed by atoms with van der Waals surface area (Å²) in [5.74, 6) is 1.70. The molecule has 0 spiro atoms. The van der Waals surface area contributed by atoms with Crippen LogP contribution in [0.3, 0.4) is 0 Å². The predicted molar refractivity (Wildman–Crippen MR) is 77.0 cm³/mol. The van der Waals surface area contributed by atoms with E-state index in [1.165, 1.54) is 0 Å². The average molecular weight is 259 g/mol. The first-order valence-electron chi connectivity index (χ1n) is 6.79. The van der Waals surface area contributed by atoms with Crippen molar-refractivity contribution >= 4 is 0 Å². The first-order chi connectivity index (χ1) is 9.26. The summed E-state index contributed by atoms with van der Waals surface area (Å²) < 4.78 is 5.63. The fourth-order valence-electron chi connectivity index (χ4n) is 2.08. The molecule has 0 amide bonds. The van der Waals surface area contributed by atoms with Crippen LogP contribution in [0.4, 0.5) is 0 Å². The molecule has 2 aromatic rings. The van der Waals surface area contributed by atoms with Crippen LogP contribution in [0.15, 0.2) is 30.5 Å². The molecule has 0 saturated carbocycles. The third-order valence-electron chi connectivity index (χ3n) is 3.02. The third-order valence-corrected chi connectivity index (χ3v) is 3.02. The van der Waals surface area contributed by atoms with E-state index in [4.69, 9.17) is 10.5 Å². The number of benzene rings is 1. The number of rotatable bonds is 6. The zero-order valence-corrected chi connectivity index (χ0v) is 11.5. The van der Waals surface area contributed by atoms with Gasteiger partial charge in [-0.05, 0) is 25.5 Å². The van der Waals surface area contributed by atoms with Gasteiger partial charge in [0.15, 0.2) is 0 Å². The van der Waals surface area contributed by atoms with Gasteiger partial charge in [0, 0.05) is 5.56 Å². The van der Waals surface area contributed by atoms with Crippen molar-refractivity contribution in [2.75, 3.05) is 6.61 Å². The van der Waals surface area contributed by atoms with Crippen LogP contribution in [-0.2, 0) is 0 Å². The molecular formula is C15H21N3O. The SMILES string of the molecule is CCCC(N)c1ncc(-c2ccccc2OCC)[nH]1. The van der Waals surface area contributed by atoms with Crippen molar-refractivity contribution in [2.45, 2.75) is 32.7 Å². The van der Waals surface area contributed by atoms with E-state index in [0.717, 1.165) is 35.7 Å². The number of nitrogens with two attached hydrogens (primary N) is 1. The fraction of sp³-hybridized carbons (Fsp3) is 0.400. The van der Waals surface area contributed by atoms with E-state index in [-0.39, 0.29) is 6.04 Å². The molecular weight excluding hydrogens is 238 g/mol. The van der Waals surface area contributed by atoms with Gasteiger partial charge >= 0.3 is 0 Å². The summed E-state index contributed by atoms with van der Waals surface area (Å²) in [5.41, 5.74) is 8.04. The Morgan fingerprint density at radius 1 is 1.32 bits per heavy atom. The van der Waals surface area contributed by atoms with Gasteiger partial charge in [-0.3, -0.25) is 0 Å². The second-order valence-electron chi connectivity index (χ2n) is 4.51. The summed E-state index contributed by atoms with van der Waals surface area (Å²) in [6.07, 6.45) is 3.80. The molecule has 19 heavy (non-hydrogen) atoms. The van der Waals surface area contributed by atoms with E-state index in [9.17, 15) is 0 Å². The van der Waals surface area contributed by atoms with Gasteiger partial charge in [0.1, 0.15) is 11.6 Å². The minimum absolute atomic E-state index is 0.0296. The molecule has 1 unspecified atom stereocenters. The van der Waals surface area contributed by atoms with Crippen LogP contribution in [0.5, 0.6) is 5.75 Å². The van der Waals surface area contributed by atoms with Crippen molar-refractivity contribution in [3.8, 4) is 17.0 Å². The summed E-state index contributed by atoms with van der Waals surface area (Å²) in [6, 6.07) is 7.91. The van der Waals surface area contributed by atoms with E-state index in [2.05, 4.69) is 16.9 Å². The normalized spacial score (nSPS) is 12.4. The van der Waals surface area contributed by atoms with Gasteiger partial charge in [-0.1, -0.05) is 25.5 Å². The molecule has 1 heterocycles. The maximum absolute atomic E-state index is 6.07. The maximum Gasteiger partial charge on any atom is 0.128 e. The third kappa shape index (κ3) is 3.15. The lowest BCUT2D eigenvalue weighted by Gasteiger charge is -2.09. The average Bonchev–Trinajstić information content (AvgIpc) is 2.90. The highest BCUT2D eigenvalue weighted by atomic mass is 16.5. The Balaban J connectivity index is 2.27. The summed E-state index contributed by atoms with van der Waals surface area (Å²) in [5, 5.41) is 0. The lowest BCUT2D eigenvalue weighted by atomic mass is 10.1. The molecule has 3 N–H and O–H groups in total. The van der Waals surface area contributed by atoms with Crippen molar-refractivity contribution in [1.29, 1.82) is 0 Å². The lowest BCUT2D eigenvalue weighted by molar-refractivity contribution is 0.341. The van der Waals surface area contributed by atoms with Gasteiger partial charge < -0.3 is 15.5 Å². The summed E-state index contributed by atoms with van der Waals surface area (Å²) >= 11 is 0. The van der Waals surface area contributed by atoms with Crippen LogP contribution in [0.1, 0.15) is 38.6 Å². The lowest BCUT2D eigenvalue weighted by Crippen LogP contribution is -2.11. The highest BCUT2D eigenvalue weighted by Crippen LogP contribution is 2.29. The molecule has 0 radical (unpaired) electrons. The Bertz CT molecular complexity index is 522. The van der Waals surface area contributed by atoms with Crippen LogP contribution < -0.4 is 10.5 Å². The zero-order chi connectivity index (χ0) is 13.7. The first kappa shape index (κ1) is 13.6. The standard InChI is InChI=1S/C15H21N3O/c1-3-7-12(16)15-17-10-13(18-15)11-8-5-6-9-14(11)19-4-2/h5-6,8-10,12H,3-4,7,16H2,1-2H3,(H,17,18). The number of aromatic nitrogens is 2. The maximum atomic E-state index is 6.07. The van der Waals surface area contributed by atoms with Crippen LogP contribution in [-0.4, -0.2) is 16.6 Å². The molecule has 1 aromatic carbocycles. The molecule has 1 aromatic heterocycles. The molecule has 2 rings (SSSR count). The first-order valence-corrected chi connectivity index (χ1v) is 6.79. The predicted octanol–water partition coefficient (Wildman–Crippen LogP) is 3.28. The molecule has 0 aliphatic carbocycles. The van der Waals surface area contributed by atoms with Gasteiger partial charge in [-0.15, -0.1) is 0 Å². The van der Waals surface area contributed by atoms with Crippen LogP contribution in [0.2, 0.25) is 0 Å². The van der Waals surface area contributed by atoms with Gasteiger partial charge in [0.2, 0.25) is 0 Å². The Hall–Kier alpha value is -1.81. The zero-order valence-electron chi connectivity index (χ0n) is 11.5. The number of H-pyrrole nitrogens is 1. The fourth-order valence-corrected chi connectivity index (χ4v) is 2.08. The summed E-state index contributed by atoms with van der Waals surface area (Å²) in [4.78, 5) is 7.67. The molecule has 0 saturated heterocycles. The molecule has 0 aliphatic rings. The molecule has 102 valence electrons. The molecule has 1 atom stereocenters. The largest absolute Gasteiger partial charge is 0.493 e. The minimum atomic E-state index is -0.0296. The second-order valence-corrected chi connectivity index (χ2v) is 4.51. The molecule has 0 aliphatic heterocycles. The highest BCUT2D eigenvalue weighted by Gasteiger charge is 2.12. The number of imidazole rings is 1. The van der Waals surface area contributed by atoms with Gasteiger partial charge in [-0.2, -0.15) is 0 Å². The Morgan fingerprint density at radius 2 is 2.11 bits per heavy atom. The van der Waals surface area contributed by atoms with Crippen molar-refractivity contribution < 1.29 is 4.74 Å². The Labute approximate surface area is 114 Å². The van der Waals surface area contributed by atoms with Crippen LogP contribution >= 0.6 is 0 Å². The number of hydrogen-bond acceptors (Lipinski definition) is 3. The van der Waals surface area contributed by atoms with Crippen molar-refractivity contribution in [2.24, 2.45) is 5.73 Å². The second kappa shape index (κ2) is 6.38. The molecule has 0 bridgehead atoms. The van der Waals surface area contributed by atoms with E-state index >= 15 is 0 Å². The van der Waals surface area contributed by atoms with Gasteiger partial charge in [-0.25, -0.2) is 4.98 Å². The topological polar surface area (TPSA) is 63.9 Å². The van der Waals surface area contributed by atoms with Crippen molar-refractivity contribution in [1.82, 2.24) is 9.97 Å². The smallest absolute Gasteiger partial charge is 0.128 e.